The van der Waals surface area contributed by atoms with Crippen LogP contribution in [0.15, 0.2) is 34.0 Å². The van der Waals surface area contributed by atoms with Gasteiger partial charge in [-0.25, -0.2) is 4.79 Å². The van der Waals surface area contributed by atoms with Crippen LogP contribution in [-0.4, -0.2) is 37.8 Å². The highest BCUT2D eigenvalue weighted by Gasteiger charge is 2.07. The summed E-state index contributed by atoms with van der Waals surface area (Å²) in [5.74, 6) is 0. The number of aromatic nitrogens is 4. The number of hydrogen-bond donors (Lipinski definition) is 1. The van der Waals surface area contributed by atoms with Crippen LogP contribution in [0.5, 0.6) is 0 Å². The van der Waals surface area contributed by atoms with Crippen LogP contribution in [0.1, 0.15) is 0 Å². The zero-order valence-corrected chi connectivity index (χ0v) is 10.1. The summed E-state index contributed by atoms with van der Waals surface area (Å²) in [7, 11) is 0. The molecule has 0 atom stereocenters. The van der Waals surface area contributed by atoms with E-state index in [1.807, 2.05) is 30.5 Å². The average molecular weight is 252 g/mol. The monoisotopic (exact) mass is 252 g/mol. The molecule has 0 radical (unpaired) electrons. The van der Waals surface area contributed by atoms with E-state index in [2.05, 4.69) is 10.4 Å². The molecule has 1 aromatic carbocycles. The van der Waals surface area contributed by atoms with Crippen molar-refractivity contribution in [2.24, 2.45) is 0 Å². The Morgan fingerprint density at radius 2 is 2.00 bits per heavy atom. The van der Waals surface area contributed by atoms with Crippen LogP contribution < -0.4 is 5.69 Å². The summed E-state index contributed by atoms with van der Waals surface area (Å²) >= 11 is 1.63. The summed E-state index contributed by atoms with van der Waals surface area (Å²) in [6, 6.07) is 7.45. The smallest absolute Gasteiger partial charge is 0.368 e. The molecule has 90 valence electrons. The van der Waals surface area contributed by atoms with E-state index in [4.69, 9.17) is 5.11 Å². The van der Waals surface area contributed by atoms with E-state index in [9.17, 15) is 4.79 Å². The Balaban J connectivity index is 2.36. The lowest BCUT2D eigenvalue weighted by molar-refractivity contribution is 0.266. The number of hydrogen-bond acceptors (Lipinski definition) is 5. The number of tetrazole rings is 1. The molecule has 0 saturated carbocycles. The Labute approximate surface area is 102 Å². The first kappa shape index (κ1) is 11.9. The van der Waals surface area contributed by atoms with Gasteiger partial charge in [-0.2, -0.15) is 9.36 Å². The highest BCUT2D eigenvalue weighted by Crippen LogP contribution is 2.15. The van der Waals surface area contributed by atoms with Crippen LogP contribution in [-0.2, 0) is 6.54 Å². The average Bonchev–Trinajstić information content (AvgIpc) is 2.72. The molecule has 1 aromatic heterocycles. The van der Waals surface area contributed by atoms with Gasteiger partial charge >= 0.3 is 5.69 Å². The molecule has 7 heteroatoms. The van der Waals surface area contributed by atoms with Gasteiger partial charge in [0.25, 0.3) is 0 Å². The lowest BCUT2D eigenvalue weighted by Gasteiger charge is -1.99. The normalized spacial score (nSPS) is 10.7. The highest BCUT2D eigenvalue weighted by atomic mass is 32.2. The summed E-state index contributed by atoms with van der Waals surface area (Å²) in [5.41, 5.74) is 0.313. The van der Waals surface area contributed by atoms with Crippen molar-refractivity contribution in [2.75, 3.05) is 12.9 Å². The lowest BCUT2D eigenvalue weighted by Crippen LogP contribution is -2.25. The Morgan fingerprint density at radius 1 is 1.29 bits per heavy atom. The molecule has 0 spiro atoms. The second kappa shape index (κ2) is 5.15. The first-order chi connectivity index (χ1) is 8.26. The van der Waals surface area contributed by atoms with Gasteiger partial charge < -0.3 is 5.11 Å². The SMILES string of the molecule is CSc1ccc(-n2nnn(CCO)c2=O)cc1. The molecule has 0 saturated heterocycles. The van der Waals surface area contributed by atoms with Gasteiger partial charge in [0.1, 0.15) is 0 Å². The second-order valence-electron chi connectivity index (χ2n) is 3.32. The molecule has 0 aliphatic heterocycles. The number of nitrogens with zero attached hydrogens (tertiary/aromatic N) is 4. The standard InChI is InChI=1S/C10H12N4O2S/c1-17-9-4-2-8(3-5-9)14-10(16)13(6-7-15)11-12-14/h2-5,15H,6-7H2,1H3. The molecule has 17 heavy (non-hydrogen) atoms. The maximum Gasteiger partial charge on any atom is 0.368 e. The van der Waals surface area contributed by atoms with Crippen LogP contribution in [0.4, 0.5) is 0 Å². The van der Waals surface area contributed by atoms with Gasteiger partial charge in [-0.3, -0.25) is 0 Å². The third-order valence-electron chi connectivity index (χ3n) is 2.27. The summed E-state index contributed by atoms with van der Waals surface area (Å²) < 4.78 is 2.34. The first-order valence-corrected chi connectivity index (χ1v) is 6.27. The Hall–Kier alpha value is -1.60. The van der Waals surface area contributed by atoms with E-state index in [1.54, 1.807) is 11.8 Å². The number of aliphatic hydroxyl groups is 1. The fraction of sp³-hybridized carbons (Fsp3) is 0.300. The van der Waals surface area contributed by atoms with E-state index < -0.39 is 0 Å². The Morgan fingerprint density at radius 3 is 2.59 bits per heavy atom. The molecule has 0 aliphatic carbocycles. The minimum atomic E-state index is -0.351. The van der Waals surface area contributed by atoms with Gasteiger partial charge in [0.15, 0.2) is 0 Å². The van der Waals surface area contributed by atoms with Crippen molar-refractivity contribution in [3.63, 3.8) is 0 Å². The molecule has 2 aromatic rings. The first-order valence-electron chi connectivity index (χ1n) is 5.04. The van der Waals surface area contributed by atoms with Gasteiger partial charge in [-0.15, -0.1) is 11.8 Å². The highest BCUT2D eigenvalue weighted by molar-refractivity contribution is 7.98. The molecule has 1 N–H and O–H groups in total. The topological polar surface area (TPSA) is 72.9 Å². The van der Waals surface area contributed by atoms with Gasteiger partial charge in [0, 0.05) is 4.90 Å². The second-order valence-corrected chi connectivity index (χ2v) is 4.20. The van der Waals surface area contributed by atoms with Crippen LogP contribution in [0.2, 0.25) is 0 Å². The molecule has 2 rings (SSSR count). The number of benzene rings is 1. The van der Waals surface area contributed by atoms with Crippen LogP contribution in [0, 0.1) is 0 Å². The van der Waals surface area contributed by atoms with Gasteiger partial charge in [-0.05, 0) is 40.9 Å². The van der Waals surface area contributed by atoms with Crippen molar-refractivity contribution in [1.29, 1.82) is 0 Å². The number of rotatable bonds is 4. The molecule has 1 heterocycles. The van der Waals surface area contributed by atoms with Crippen LogP contribution in [0.25, 0.3) is 5.69 Å². The summed E-state index contributed by atoms with van der Waals surface area (Å²) in [4.78, 5) is 12.9. The maximum atomic E-state index is 11.8. The maximum absolute atomic E-state index is 11.8. The van der Waals surface area contributed by atoms with Crippen LogP contribution in [0.3, 0.4) is 0 Å². The summed E-state index contributed by atoms with van der Waals surface area (Å²) in [5, 5.41) is 16.2. The Bertz CT molecular complexity index is 546. The molecule has 6 nitrogen and oxygen atoms in total. The van der Waals surface area contributed by atoms with E-state index in [0.717, 1.165) is 9.58 Å². The summed E-state index contributed by atoms with van der Waals surface area (Å²) in [6.45, 7) is 0.0196. The van der Waals surface area contributed by atoms with Gasteiger partial charge in [0.2, 0.25) is 0 Å². The van der Waals surface area contributed by atoms with Crippen molar-refractivity contribution in [1.82, 2.24) is 19.8 Å². The fourth-order valence-corrected chi connectivity index (χ4v) is 1.80. The fourth-order valence-electron chi connectivity index (χ4n) is 1.39. The van der Waals surface area contributed by atoms with E-state index in [-0.39, 0.29) is 18.8 Å². The molecular weight excluding hydrogens is 240 g/mol. The van der Waals surface area contributed by atoms with Gasteiger partial charge in [0.05, 0.1) is 18.8 Å². The molecule has 0 unspecified atom stereocenters. The largest absolute Gasteiger partial charge is 0.394 e. The molecule has 0 bridgehead atoms. The predicted octanol–water partition coefficient (Wildman–Crippen LogP) is 0.143. The summed E-state index contributed by atoms with van der Waals surface area (Å²) in [6.07, 6.45) is 1.98. The van der Waals surface area contributed by atoms with E-state index in [0.29, 0.717) is 5.69 Å². The van der Waals surface area contributed by atoms with Crippen molar-refractivity contribution >= 4 is 11.8 Å². The molecular formula is C10H12N4O2S. The third kappa shape index (κ3) is 2.40. The van der Waals surface area contributed by atoms with Crippen molar-refractivity contribution < 1.29 is 5.11 Å². The zero-order valence-electron chi connectivity index (χ0n) is 9.28. The van der Waals surface area contributed by atoms with Crippen molar-refractivity contribution in [3.8, 4) is 5.69 Å². The zero-order chi connectivity index (χ0) is 12.3. The number of aliphatic hydroxyl groups excluding tert-OH is 1. The number of thioether (sulfide) groups is 1. The third-order valence-corrected chi connectivity index (χ3v) is 3.01. The minimum Gasteiger partial charge on any atom is -0.394 e. The van der Waals surface area contributed by atoms with Crippen molar-refractivity contribution in [2.45, 2.75) is 11.4 Å². The lowest BCUT2D eigenvalue weighted by atomic mass is 10.3. The minimum absolute atomic E-state index is 0.135. The molecule has 0 aliphatic rings. The molecule has 0 fully saturated rings. The van der Waals surface area contributed by atoms with Crippen LogP contribution >= 0.6 is 11.8 Å². The predicted molar refractivity (Wildman–Crippen MR) is 64.5 cm³/mol. The quantitative estimate of drug-likeness (QED) is 0.784. The van der Waals surface area contributed by atoms with E-state index in [1.165, 1.54) is 4.68 Å². The van der Waals surface area contributed by atoms with Gasteiger partial charge in [-0.1, -0.05) is 0 Å². The van der Waals surface area contributed by atoms with E-state index >= 15 is 0 Å². The Kier molecular flexibility index (Phi) is 3.60. The molecule has 0 amide bonds. The van der Waals surface area contributed by atoms with Crippen molar-refractivity contribution in [3.05, 3.63) is 34.7 Å².